The zero-order valence-electron chi connectivity index (χ0n) is 7.51. The Morgan fingerprint density at radius 2 is 1.93 bits per heavy atom. The van der Waals surface area contributed by atoms with E-state index in [2.05, 4.69) is 17.1 Å². The Morgan fingerprint density at radius 1 is 1.21 bits per heavy atom. The van der Waals surface area contributed by atoms with Gasteiger partial charge in [0, 0.05) is 23.2 Å². The van der Waals surface area contributed by atoms with Crippen molar-refractivity contribution in [2.45, 2.75) is 6.54 Å². The van der Waals surface area contributed by atoms with Crippen molar-refractivity contribution >= 4 is 23.7 Å². The highest BCUT2D eigenvalue weighted by atomic mass is 35.5. The number of benzene rings is 1. The maximum absolute atomic E-state index is 5.51. The van der Waals surface area contributed by atoms with Gasteiger partial charge in [0.2, 0.25) is 0 Å². The SMILES string of the molecule is Cl.NCc1cnc(-c2ccccc2)s1. The number of nitrogens with zero attached hydrogens (tertiary/aromatic N) is 1. The van der Waals surface area contributed by atoms with Crippen molar-refractivity contribution < 1.29 is 0 Å². The number of nitrogens with two attached hydrogens (primary N) is 1. The zero-order chi connectivity index (χ0) is 9.10. The van der Waals surface area contributed by atoms with Gasteiger partial charge in [-0.25, -0.2) is 4.98 Å². The molecule has 0 aliphatic rings. The summed E-state index contributed by atoms with van der Waals surface area (Å²) in [6.07, 6.45) is 1.84. The lowest BCUT2D eigenvalue weighted by molar-refractivity contribution is 1.10. The first-order valence-electron chi connectivity index (χ1n) is 4.10. The first-order chi connectivity index (χ1) is 6.40. The molecule has 0 unspecified atom stereocenters. The van der Waals surface area contributed by atoms with E-state index in [1.54, 1.807) is 11.3 Å². The normalized spacial score (nSPS) is 9.50. The summed E-state index contributed by atoms with van der Waals surface area (Å²) < 4.78 is 0. The molecule has 1 aromatic heterocycles. The molecule has 2 N–H and O–H groups in total. The van der Waals surface area contributed by atoms with E-state index in [1.165, 1.54) is 0 Å². The minimum Gasteiger partial charge on any atom is -0.326 e. The summed E-state index contributed by atoms with van der Waals surface area (Å²) in [5.41, 5.74) is 6.67. The number of rotatable bonds is 2. The van der Waals surface area contributed by atoms with Crippen LogP contribution in [0.15, 0.2) is 36.5 Å². The highest BCUT2D eigenvalue weighted by molar-refractivity contribution is 7.15. The van der Waals surface area contributed by atoms with Gasteiger partial charge in [0.25, 0.3) is 0 Å². The molecule has 1 heterocycles. The van der Waals surface area contributed by atoms with Gasteiger partial charge in [-0.3, -0.25) is 0 Å². The molecule has 74 valence electrons. The number of thiazole rings is 1. The highest BCUT2D eigenvalue weighted by Crippen LogP contribution is 2.24. The second-order valence-electron chi connectivity index (χ2n) is 2.70. The zero-order valence-corrected chi connectivity index (χ0v) is 9.15. The standard InChI is InChI=1S/C10H10N2S.ClH/c11-6-9-7-12-10(13-9)8-4-2-1-3-5-8;/h1-5,7H,6,11H2;1H. The summed E-state index contributed by atoms with van der Waals surface area (Å²) in [6, 6.07) is 10.1. The lowest BCUT2D eigenvalue weighted by Gasteiger charge is -1.92. The van der Waals surface area contributed by atoms with Crippen molar-refractivity contribution in [3.05, 3.63) is 41.4 Å². The summed E-state index contributed by atoms with van der Waals surface area (Å²) in [7, 11) is 0. The summed E-state index contributed by atoms with van der Waals surface area (Å²) in [4.78, 5) is 5.42. The molecule has 14 heavy (non-hydrogen) atoms. The average Bonchev–Trinajstić information content (AvgIpc) is 2.67. The van der Waals surface area contributed by atoms with Gasteiger partial charge in [-0.1, -0.05) is 30.3 Å². The van der Waals surface area contributed by atoms with Gasteiger partial charge in [0.05, 0.1) is 0 Å². The molecule has 0 aliphatic heterocycles. The average molecular weight is 227 g/mol. The third-order valence-corrected chi connectivity index (χ3v) is 2.84. The van der Waals surface area contributed by atoms with Crippen LogP contribution in [0.1, 0.15) is 4.88 Å². The molecular weight excluding hydrogens is 216 g/mol. The second-order valence-corrected chi connectivity index (χ2v) is 3.82. The molecule has 0 spiro atoms. The Bertz CT molecular complexity index is 386. The smallest absolute Gasteiger partial charge is 0.123 e. The Kier molecular flexibility index (Phi) is 4.07. The third-order valence-electron chi connectivity index (χ3n) is 1.78. The van der Waals surface area contributed by atoms with Crippen LogP contribution in [-0.2, 0) is 6.54 Å². The molecule has 0 aliphatic carbocycles. The van der Waals surface area contributed by atoms with Crippen LogP contribution in [-0.4, -0.2) is 4.98 Å². The predicted octanol–water partition coefficient (Wildman–Crippen LogP) is 2.69. The fourth-order valence-corrected chi connectivity index (χ4v) is 1.91. The largest absolute Gasteiger partial charge is 0.326 e. The molecule has 0 saturated carbocycles. The Morgan fingerprint density at radius 3 is 2.50 bits per heavy atom. The molecule has 2 rings (SSSR count). The van der Waals surface area contributed by atoms with Gasteiger partial charge in [0.1, 0.15) is 5.01 Å². The minimum atomic E-state index is 0. The van der Waals surface area contributed by atoms with Crippen molar-refractivity contribution in [1.29, 1.82) is 0 Å². The van der Waals surface area contributed by atoms with Crippen LogP contribution < -0.4 is 5.73 Å². The Balaban J connectivity index is 0.000000980. The number of hydrogen-bond acceptors (Lipinski definition) is 3. The van der Waals surface area contributed by atoms with E-state index < -0.39 is 0 Å². The van der Waals surface area contributed by atoms with Crippen molar-refractivity contribution in [1.82, 2.24) is 4.98 Å². The Hall–Kier alpha value is -0.900. The molecular formula is C10H11ClN2S. The maximum Gasteiger partial charge on any atom is 0.123 e. The first kappa shape index (κ1) is 11.2. The summed E-state index contributed by atoms with van der Waals surface area (Å²) >= 11 is 1.65. The van der Waals surface area contributed by atoms with Crippen molar-refractivity contribution in [3.8, 4) is 10.6 Å². The van der Waals surface area contributed by atoms with Gasteiger partial charge >= 0.3 is 0 Å². The quantitative estimate of drug-likeness (QED) is 0.855. The van der Waals surface area contributed by atoms with Crippen LogP contribution in [0.2, 0.25) is 0 Å². The number of hydrogen-bond donors (Lipinski definition) is 1. The second kappa shape index (κ2) is 5.10. The molecule has 0 fully saturated rings. The minimum absolute atomic E-state index is 0. The van der Waals surface area contributed by atoms with Crippen molar-refractivity contribution in [2.75, 3.05) is 0 Å². The van der Waals surface area contributed by atoms with E-state index in [1.807, 2.05) is 24.4 Å². The van der Waals surface area contributed by atoms with Crippen LogP contribution >= 0.6 is 23.7 Å². The third kappa shape index (κ3) is 2.32. The van der Waals surface area contributed by atoms with Gasteiger partial charge in [0.15, 0.2) is 0 Å². The molecule has 1 aromatic carbocycles. The van der Waals surface area contributed by atoms with E-state index in [0.29, 0.717) is 6.54 Å². The van der Waals surface area contributed by atoms with E-state index in [4.69, 9.17) is 5.73 Å². The highest BCUT2D eigenvalue weighted by Gasteiger charge is 2.01. The van der Waals surface area contributed by atoms with Gasteiger partial charge in [-0.15, -0.1) is 23.7 Å². The number of aromatic nitrogens is 1. The van der Waals surface area contributed by atoms with Gasteiger partial charge in [-0.2, -0.15) is 0 Å². The molecule has 0 atom stereocenters. The van der Waals surface area contributed by atoms with Crippen LogP contribution in [0.3, 0.4) is 0 Å². The number of halogens is 1. The van der Waals surface area contributed by atoms with Crippen LogP contribution in [0.25, 0.3) is 10.6 Å². The van der Waals surface area contributed by atoms with E-state index in [-0.39, 0.29) is 12.4 Å². The maximum atomic E-state index is 5.51. The topological polar surface area (TPSA) is 38.9 Å². The molecule has 0 amide bonds. The first-order valence-corrected chi connectivity index (χ1v) is 4.92. The van der Waals surface area contributed by atoms with Crippen LogP contribution in [0.4, 0.5) is 0 Å². The van der Waals surface area contributed by atoms with Crippen molar-refractivity contribution in [2.24, 2.45) is 5.73 Å². The fourth-order valence-electron chi connectivity index (χ4n) is 1.12. The summed E-state index contributed by atoms with van der Waals surface area (Å²) in [5.74, 6) is 0. The molecule has 2 nitrogen and oxygen atoms in total. The van der Waals surface area contributed by atoms with Gasteiger partial charge < -0.3 is 5.73 Å². The molecule has 0 saturated heterocycles. The fraction of sp³-hybridized carbons (Fsp3) is 0.100. The molecule has 2 aromatic rings. The van der Waals surface area contributed by atoms with E-state index >= 15 is 0 Å². The van der Waals surface area contributed by atoms with Crippen LogP contribution in [0.5, 0.6) is 0 Å². The van der Waals surface area contributed by atoms with Crippen LogP contribution in [0, 0.1) is 0 Å². The van der Waals surface area contributed by atoms with E-state index in [0.717, 1.165) is 15.4 Å². The molecule has 0 radical (unpaired) electrons. The Labute approximate surface area is 93.2 Å². The molecule has 0 bridgehead atoms. The monoisotopic (exact) mass is 226 g/mol. The summed E-state index contributed by atoms with van der Waals surface area (Å²) in [6.45, 7) is 0.574. The lowest BCUT2D eigenvalue weighted by atomic mass is 10.2. The van der Waals surface area contributed by atoms with Gasteiger partial charge in [-0.05, 0) is 0 Å². The molecule has 4 heteroatoms. The van der Waals surface area contributed by atoms with E-state index in [9.17, 15) is 0 Å². The summed E-state index contributed by atoms with van der Waals surface area (Å²) in [5, 5.41) is 1.04. The lowest BCUT2D eigenvalue weighted by Crippen LogP contribution is -1.91. The predicted molar refractivity (Wildman–Crippen MR) is 62.7 cm³/mol. The van der Waals surface area contributed by atoms with Crippen molar-refractivity contribution in [3.63, 3.8) is 0 Å².